The molecular formula is C20H20ClN3O2S. The Labute approximate surface area is 168 Å². The molecule has 0 bridgehead atoms. The largest absolute Gasteiger partial charge is 0.436 e. The Balaban J connectivity index is 1.92. The van der Waals surface area contributed by atoms with E-state index in [2.05, 4.69) is 41.6 Å². The lowest BCUT2D eigenvalue weighted by molar-refractivity contribution is -0.117. The summed E-state index contributed by atoms with van der Waals surface area (Å²) in [5.41, 5.74) is 4.12. The van der Waals surface area contributed by atoms with Crippen molar-refractivity contribution in [3.05, 3.63) is 47.0 Å². The van der Waals surface area contributed by atoms with Crippen LogP contribution >= 0.6 is 23.8 Å². The fourth-order valence-corrected chi connectivity index (χ4v) is 3.10. The molecule has 0 aliphatic carbocycles. The molecule has 7 heteroatoms. The van der Waals surface area contributed by atoms with Crippen LogP contribution in [0.5, 0.6) is 0 Å². The summed E-state index contributed by atoms with van der Waals surface area (Å²) < 4.78 is 5.90. The molecule has 0 spiro atoms. The second-order valence-corrected chi connectivity index (χ2v) is 7.20. The van der Waals surface area contributed by atoms with E-state index < -0.39 is 0 Å². The number of nitrogens with zero attached hydrogens (tertiary/aromatic N) is 1. The smallest absolute Gasteiger partial charge is 0.227 e. The highest BCUT2D eigenvalue weighted by molar-refractivity contribution is 7.80. The van der Waals surface area contributed by atoms with E-state index in [-0.39, 0.29) is 11.0 Å². The van der Waals surface area contributed by atoms with E-state index in [4.69, 9.17) is 28.2 Å². The first-order valence-electron chi connectivity index (χ1n) is 8.66. The standard InChI is InChI=1S/C20H20ClN3O2S/c1-4-11(2)13-6-8-18-17(9-13)23-19(26-18)14-5-7-15(21)16(10-14)24-20(27)22-12(3)25/h5-11H,4H2,1-3H3,(H2,22,24,25,27). The number of nitrogens with one attached hydrogen (secondary N) is 2. The van der Waals surface area contributed by atoms with Gasteiger partial charge in [-0.15, -0.1) is 0 Å². The fraction of sp³-hybridized carbons (Fsp3) is 0.250. The Morgan fingerprint density at radius 2 is 2.07 bits per heavy atom. The van der Waals surface area contributed by atoms with E-state index in [1.807, 2.05) is 12.1 Å². The van der Waals surface area contributed by atoms with Crippen molar-refractivity contribution in [2.45, 2.75) is 33.1 Å². The Morgan fingerprint density at radius 1 is 1.30 bits per heavy atom. The van der Waals surface area contributed by atoms with Crippen molar-refractivity contribution in [2.75, 3.05) is 5.32 Å². The van der Waals surface area contributed by atoms with Crippen LogP contribution in [-0.2, 0) is 4.79 Å². The average Bonchev–Trinajstić information content (AvgIpc) is 3.05. The van der Waals surface area contributed by atoms with Gasteiger partial charge in [-0.2, -0.15) is 0 Å². The SMILES string of the molecule is CCC(C)c1ccc2oc(-c3ccc(Cl)c(NC(=S)NC(C)=O)c3)nc2c1. The third-order valence-electron chi connectivity index (χ3n) is 4.34. The monoisotopic (exact) mass is 401 g/mol. The highest BCUT2D eigenvalue weighted by Crippen LogP contribution is 2.31. The maximum Gasteiger partial charge on any atom is 0.227 e. The maximum absolute atomic E-state index is 11.1. The molecular weight excluding hydrogens is 382 g/mol. The molecule has 2 aromatic carbocycles. The number of benzene rings is 2. The van der Waals surface area contributed by atoms with Crippen molar-refractivity contribution in [3.8, 4) is 11.5 Å². The van der Waals surface area contributed by atoms with Gasteiger partial charge in [0.1, 0.15) is 5.52 Å². The summed E-state index contributed by atoms with van der Waals surface area (Å²) in [4.78, 5) is 15.7. The Bertz CT molecular complexity index is 1020. The summed E-state index contributed by atoms with van der Waals surface area (Å²) >= 11 is 11.3. The molecule has 1 heterocycles. The zero-order valence-corrected chi connectivity index (χ0v) is 16.9. The second-order valence-electron chi connectivity index (χ2n) is 6.39. The lowest BCUT2D eigenvalue weighted by Gasteiger charge is -2.10. The van der Waals surface area contributed by atoms with Gasteiger partial charge in [0.05, 0.1) is 10.7 Å². The summed E-state index contributed by atoms with van der Waals surface area (Å²) in [5.74, 6) is 0.711. The van der Waals surface area contributed by atoms with Crippen LogP contribution in [0.4, 0.5) is 5.69 Å². The van der Waals surface area contributed by atoms with Gasteiger partial charge in [0, 0.05) is 12.5 Å². The number of oxazole rings is 1. The van der Waals surface area contributed by atoms with E-state index >= 15 is 0 Å². The molecule has 1 aromatic heterocycles. The molecule has 140 valence electrons. The van der Waals surface area contributed by atoms with Crippen molar-refractivity contribution in [2.24, 2.45) is 0 Å². The van der Waals surface area contributed by atoms with Gasteiger partial charge in [0.2, 0.25) is 11.8 Å². The number of aromatic nitrogens is 1. The predicted molar refractivity (Wildman–Crippen MR) is 113 cm³/mol. The van der Waals surface area contributed by atoms with Crippen LogP contribution in [0.3, 0.4) is 0 Å². The van der Waals surface area contributed by atoms with Crippen molar-refractivity contribution in [3.63, 3.8) is 0 Å². The van der Waals surface area contributed by atoms with Crippen LogP contribution in [0, 0.1) is 0 Å². The van der Waals surface area contributed by atoms with Crippen molar-refractivity contribution in [1.82, 2.24) is 10.3 Å². The van der Waals surface area contributed by atoms with Crippen LogP contribution in [0.1, 0.15) is 38.7 Å². The number of rotatable bonds is 4. The van der Waals surface area contributed by atoms with E-state index in [0.717, 1.165) is 23.1 Å². The van der Waals surface area contributed by atoms with Crippen LogP contribution in [0.25, 0.3) is 22.6 Å². The quantitative estimate of drug-likeness (QED) is 0.565. The number of fused-ring (bicyclic) bond motifs is 1. The van der Waals surface area contributed by atoms with Crippen molar-refractivity contribution >= 4 is 51.6 Å². The first kappa shape index (κ1) is 19.3. The van der Waals surface area contributed by atoms with E-state index in [9.17, 15) is 4.79 Å². The highest BCUT2D eigenvalue weighted by Gasteiger charge is 2.13. The molecule has 5 nitrogen and oxygen atoms in total. The zero-order valence-electron chi connectivity index (χ0n) is 15.3. The Kier molecular flexibility index (Phi) is 5.77. The number of thiocarbonyl (C=S) groups is 1. The van der Waals surface area contributed by atoms with Gasteiger partial charge in [-0.05, 0) is 60.5 Å². The number of hydrogen-bond acceptors (Lipinski definition) is 4. The summed E-state index contributed by atoms with van der Waals surface area (Å²) in [6, 6.07) is 11.4. The van der Waals surface area contributed by atoms with Gasteiger partial charge in [-0.1, -0.05) is 31.5 Å². The van der Waals surface area contributed by atoms with Gasteiger partial charge in [-0.3, -0.25) is 4.79 Å². The van der Waals surface area contributed by atoms with Crippen molar-refractivity contribution in [1.29, 1.82) is 0 Å². The minimum atomic E-state index is -0.254. The molecule has 0 saturated carbocycles. The molecule has 2 N–H and O–H groups in total. The van der Waals surface area contributed by atoms with E-state index in [0.29, 0.717) is 22.5 Å². The highest BCUT2D eigenvalue weighted by atomic mass is 35.5. The van der Waals surface area contributed by atoms with Gasteiger partial charge in [-0.25, -0.2) is 4.98 Å². The van der Waals surface area contributed by atoms with Gasteiger partial charge < -0.3 is 15.1 Å². The van der Waals surface area contributed by atoms with Crippen LogP contribution in [0.15, 0.2) is 40.8 Å². The summed E-state index contributed by atoms with van der Waals surface area (Å²) in [6.45, 7) is 5.74. The van der Waals surface area contributed by atoms with Gasteiger partial charge >= 0.3 is 0 Å². The van der Waals surface area contributed by atoms with Gasteiger partial charge in [0.25, 0.3) is 0 Å². The van der Waals surface area contributed by atoms with Crippen LogP contribution in [-0.4, -0.2) is 16.0 Å². The Morgan fingerprint density at radius 3 is 2.78 bits per heavy atom. The Hall–Kier alpha value is -2.44. The van der Waals surface area contributed by atoms with E-state index in [1.54, 1.807) is 12.1 Å². The number of halogens is 1. The zero-order chi connectivity index (χ0) is 19.6. The molecule has 3 aromatic rings. The van der Waals surface area contributed by atoms with Gasteiger partial charge in [0.15, 0.2) is 10.7 Å². The normalized spacial score (nSPS) is 12.0. The first-order valence-corrected chi connectivity index (χ1v) is 9.45. The first-order chi connectivity index (χ1) is 12.9. The number of carbonyl (C=O) groups is 1. The third-order valence-corrected chi connectivity index (χ3v) is 4.88. The minimum absolute atomic E-state index is 0.178. The maximum atomic E-state index is 11.1. The molecule has 1 atom stereocenters. The molecule has 1 amide bonds. The number of hydrogen-bond donors (Lipinski definition) is 2. The number of anilines is 1. The summed E-state index contributed by atoms with van der Waals surface area (Å²) in [6.07, 6.45) is 1.07. The number of carbonyl (C=O) groups excluding carboxylic acids is 1. The summed E-state index contributed by atoms with van der Waals surface area (Å²) in [5, 5.41) is 6.07. The van der Waals surface area contributed by atoms with Crippen LogP contribution < -0.4 is 10.6 Å². The van der Waals surface area contributed by atoms with Crippen molar-refractivity contribution < 1.29 is 9.21 Å². The third kappa shape index (κ3) is 4.46. The molecule has 0 saturated heterocycles. The van der Waals surface area contributed by atoms with Crippen LogP contribution in [0.2, 0.25) is 5.02 Å². The number of amides is 1. The average molecular weight is 402 g/mol. The predicted octanol–water partition coefficient (Wildman–Crippen LogP) is 5.49. The topological polar surface area (TPSA) is 67.2 Å². The molecule has 0 fully saturated rings. The lowest BCUT2D eigenvalue weighted by atomic mass is 9.98. The molecule has 0 aliphatic heterocycles. The lowest BCUT2D eigenvalue weighted by Crippen LogP contribution is -2.32. The molecule has 27 heavy (non-hydrogen) atoms. The molecule has 0 radical (unpaired) electrons. The summed E-state index contributed by atoms with van der Waals surface area (Å²) in [7, 11) is 0. The second kappa shape index (κ2) is 8.06. The minimum Gasteiger partial charge on any atom is -0.436 e. The molecule has 3 rings (SSSR count). The molecule has 0 aliphatic rings. The fourth-order valence-electron chi connectivity index (χ4n) is 2.68. The van der Waals surface area contributed by atoms with E-state index in [1.165, 1.54) is 12.5 Å². The molecule has 1 unspecified atom stereocenters.